The number of imidazole rings is 2. The minimum atomic E-state index is 0.800. The summed E-state index contributed by atoms with van der Waals surface area (Å²) in [5, 5.41) is 10.2. The highest BCUT2D eigenvalue weighted by Crippen LogP contribution is 2.39. The maximum Gasteiger partial charge on any atom is 0.165 e. The van der Waals surface area contributed by atoms with Crippen molar-refractivity contribution in [2.24, 2.45) is 0 Å². The van der Waals surface area contributed by atoms with Crippen molar-refractivity contribution in [1.82, 2.24) is 33.7 Å². The van der Waals surface area contributed by atoms with Gasteiger partial charge in [-0.1, -0.05) is 66.7 Å². The first kappa shape index (κ1) is 26.0. The summed E-state index contributed by atoms with van der Waals surface area (Å²) in [5.41, 5.74) is 10.6. The standard InChI is InChI=1S/C43H23N7/c1-2-7-28-24(6-1)11-16-32-38(28)39-43(46-21-20-44-39)50-36-23-26(14-18-34(36)48-42(32)50)25-12-15-29-27(22-25)13-17-31-37(29)30-8-5-19-45-40(30)49-35-10-4-3-9-33(35)47-41(31)49/h1-23H. The molecular weight excluding hydrogens is 615 g/mol. The van der Waals surface area contributed by atoms with E-state index in [2.05, 4.69) is 118 Å². The summed E-state index contributed by atoms with van der Waals surface area (Å²) in [6.45, 7) is 0. The zero-order valence-corrected chi connectivity index (χ0v) is 26.4. The Morgan fingerprint density at radius 2 is 1.02 bits per heavy atom. The van der Waals surface area contributed by atoms with E-state index in [-0.39, 0.29) is 0 Å². The van der Waals surface area contributed by atoms with E-state index in [1.165, 1.54) is 16.2 Å². The third-order valence-electron chi connectivity index (χ3n) is 10.4. The van der Waals surface area contributed by atoms with Gasteiger partial charge in [0.2, 0.25) is 0 Å². The summed E-state index contributed by atoms with van der Waals surface area (Å²) < 4.78 is 4.36. The van der Waals surface area contributed by atoms with Crippen LogP contribution in [0.15, 0.2) is 140 Å². The lowest BCUT2D eigenvalue weighted by molar-refractivity contribution is 1.19. The van der Waals surface area contributed by atoms with Crippen LogP contribution in [0.3, 0.4) is 0 Å². The van der Waals surface area contributed by atoms with E-state index < -0.39 is 0 Å². The second kappa shape index (κ2) is 9.33. The van der Waals surface area contributed by atoms with Gasteiger partial charge in [-0.3, -0.25) is 13.8 Å². The van der Waals surface area contributed by atoms with Crippen LogP contribution in [-0.2, 0) is 0 Å². The number of rotatable bonds is 1. The highest BCUT2D eigenvalue weighted by atomic mass is 15.1. The second-order valence-corrected chi connectivity index (χ2v) is 13.0. The average molecular weight is 638 g/mol. The predicted octanol–water partition coefficient (Wildman–Crippen LogP) is 10.1. The lowest BCUT2D eigenvalue weighted by Gasteiger charge is -2.12. The van der Waals surface area contributed by atoms with Gasteiger partial charge in [0.05, 0.1) is 22.1 Å². The first-order valence-corrected chi connectivity index (χ1v) is 16.7. The van der Waals surface area contributed by atoms with Crippen LogP contribution in [0.5, 0.6) is 0 Å². The molecule has 6 heterocycles. The molecule has 7 nitrogen and oxygen atoms in total. The van der Waals surface area contributed by atoms with Gasteiger partial charge in [-0.2, -0.15) is 0 Å². The van der Waals surface area contributed by atoms with Gasteiger partial charge in [0, 0.05) is 45.5 Å². The molecule has 0 saturated heterocycles. The third-order valence-corrected chi connectivity index (χ3v) is 10.4. The van der Waals surface area contributed by atoms with E-state index >= 15 is 0 Å². The first-order valence-electron chi connectivity index (χ1n) is 16.7. The van der Waals surface area contributed by atoms with Crippen molar-refractivity contribution in [2.45, 2.75) is 0 Å². The SMILES string of the molecule is c1ccc2c(c1)ccc1c2c2nccnc2n2c3cc(-c4ccc5c(ccc6c5c5cccnc5n5c7ccccc7nc65)c4)ccc3nc12. The molecule has 0 aliphatic carbocycles. The zero-order chi connectivity index (χ0) is 32.5. The molecule has 0 amide bonds. The molecule has 7 heteroatoms. The number of para-hydroxylation sites is 2. The molecule has 0 radical (unpaired) electrons. The maximum atomic E-state index is 5.17. The van der Waals surface area contributed by atoms with E-state index in [1.807, 2.05) is 18.3 Å². The Labute approximate surface area is 282 Å². The quantitative estimate of drug-likeness (QED) is 0.168. The topological polar surface area (TPSA) is 73.3 Å². The summed E-state index contributed by atoms with van der Waals surface area (Å²) in [4.78, 5) is 24.8. The van der Waals surface area contributed by atoms with Crippen LogP contribution in [0.25, 0.3) is 110 Å². The minimum absolute atomic E-state index is 0.800. The van der Waals surface area contributed by atoms with Gasteiger partial charge in [-0.05, 0) is 87.3 Å². The summed E-state index contributed by atoms with van der Waals surface area (Å²) >= 11 is 0. The number of fused-ring (bicyclic) bond motifs is 20. The van der Waals surface area contributed by atoms with E-state index in [9.17, 15) is 0 Å². The molecule has 6 aromatic heterocycles. The van der Waals surface area contributed by atoms with Crippen LogP contribution in [0.2, 0.25) is 0 Å². The Balaban J connectivity index is 1.11. The molecule has 12 aromatic rings. The fourth-order valence-electron chi connectivity index (χ4n) is 8.21. The van der Waals surface area contributed by atoms with Crippen molar-refractivity contribution in [3.63, 3.8) is 0 Å². The average Bonchev–Trinajstić information content (AvgIpc) is 3.77. The van der Waals surface area contributed by atoms with Crippen molar-refractivity contribution in [3.8, 4) is 11.1 Å². The van der Waals surface area contributed by atoms with Gasteiger partial charge in [0.1, 0.15) is 22.5 Å². The Morgan fingerprint density at radius 3 is 1.96 bits per heavy atom. The van der Waals surface area contributed by atoms with Crippen LogP contribution in [0.4, 0.5) is 0 Å². The fourth-order valence-corrected chi connectivity index (χ4v) is 8.21. The molecule has 50 heavy (non-hydrogen) atoms. The van der Waals surface area contributed by atoms with E-state index in [1.54, 1.807) is 12.4 Å². The number of hydrogen-bond acceptors (Lipinski definition) is 5. The Bertz CT molecular complexity index is 3450. The Kier molecular flexibility index (Phi) is 4.86. The molecule has 0 atom stereocenters. The van der Waals surface area contributed by atoms with E-state index in [0.717, 1.165) is 93.6 Å². The summed E-state index contributed by atoms with van der Waals surface area (Å²) in [6.07, 6.45) is 5.40. The number of benzene rings is 6. The molecule has 0 aliphatic heterocycles. The highest BCUT2D eigenvalue weighted by molar-refractivity contribution is 6.24. The summed E-state index contributed by atoms with van der Waals surface area (Å²) in [7, 11) is 0. The number of hydrogen-bond donors (Lipinski definition) is 0. The molecule has 12 rings (SSSR count). The smallest absolute Gasteiger partial charge is 0.165 e. The van der Waals surface area contributed by atoms with E-state index in [0.29, 0.717) is 0 Å². The fraction of sp³-hybridized carbons (Fsp3) is 0. The molecule has 0 bridgehead atoms. The Hall–Kier alpha value is -6.99. The molecule has 230 valence electrons. The van der Waals surface area contributed by atoms with Crippen molar-refractivity contribution in [1.29, 1.82) is 0 Å². The maximum absolute atomic E-state index is 5.17. The van der Waals surface area contributed by atoms with Gasteiger partial charge >= 0.3 is 0 Å². The van der Waals surface area contributed by atoms with Crippen LogP contribution in [0.1, 0.15) is 0 Å². The van der Waals surface area contributed by atoms with E-state index in [4.69, 9.17) is 24.9 Å². The van der Waals surface area contributed by atoms with Crippen molar-refractivity contribution >= 4 is 98.6 Å². The molecule has 0 aliphatic rings. The molecule has 0 unspecified atom stereocenters. The second-order valence-electron chi connectivity index (χ2n) is 13.0. The lowest BCUT2D eigenvalue weighted by atomic mass is 9.96. The normalized spacial score (nSPS) is 12.4. The van der Waals surface area contributed by atoms with Gasteiger partial charge in [0.15, 0.2) is 5.65 Å². The molecule has 0 saturated carbocycles. The van der Waals surface area contributed by atoms with Gasteiger partial charge in [-0.15, -0.1) is 0 Å². The number of nitrogens with zero attached hydrogens (tertiary/aromatic N) is 7. The van der Waals surface area contributed by atoms with Crippen LogP contribution in [0, 0.1) is 0 Å². The van der Waals surface area contributed by atoms with Gasteiger partial charge in [0.25, 0.3) is 0 Å². The zero-order valence-electron chi connectivity index (χ0n) is 26.4. The Morgan fingerprint density at radius 1 is 0.380 bits per heavy atom. The van der Waals surface area contributed by atoms with Gasteiger partial charge in [-0.25, -0.2) is 19.9 Å². The van der Waals surface area contributed by atoms with Crippen LogP contribution in [-0.4, -0.2) is 33.7 Å². The first-order chi connectivity index (χ1) is 24.8. The van der Waals surface area contributed by atoms with Crippen molar-refractivity contribution in [2.75, 3.05) is 0 Å². The minimum Gasteiger partial charge on any atom is -0.276 e. The molecular formula is C43H23N7. The summed E-state index contributed by atoms with van der Waals surface area (Å²) in [6, 6.07) is 42.9. The monoisotopic (exact) mass is 637 g/mol. The largest absolute Gasteiger partial charge is 0.276 e. The highest BCUT2D eigenvalue weighted by Gasteiger charge is 2.19. The molecule has 6 aromatic carbocycles. The molecule has 0 spiro atoms. The van der Waals surface area contributed by atoms with Crippen molar-refractivity contribution in [3.05, 3.63) is 140 Å². The summed E-state index contributed by atoms with van der Waals surface area (Å²) in [5.74, 6) is 0. The van der Waals surface area contributed by atoms with Crippen LogP contribution >= 0.6 is 0 Å². The predicted molar refractivity (Wildman–Crippen MR) is 203 cm³/mol. The number of aromatic nitrogens is 7. The van der Waals surface area contributed by atoms with Crippen LogP contribution < -0.4 is 0 Å². The number of pyridine rings is 3. The molecule has 0 N–H and O–H groups in total. The lowest BCUT2D eigenvalue weighted by Crippen LogP contribution is -1.96. The van der Waals surface area contributed by atoms with Crippen molar-refractivity contribution < 1.29 is 0 Å². The third kappa shape index (κ3) is 3.30. The van der Waals surface area contributed by atoms with Gasteiger partial charge < -0.3 is 0 Å². The molecule has 0 fully saturated rings.